The topological polar surface area (TPSA) is 83.5 Å². The normalized spacial score (nSPS) is 25.4. The van der Waals surface area contributed by atoms with Crippen LogP contribution in [-0.4, -0.2) is 54.4 Å². The molecule has 1 aromatic heterocycles. The number of ether oxygens (including phenoxy) is 1. The lowest BCUT2D eigenvalue weighted by Crippen LogP contribution is -2.48. The predicted octanol–water partition coefficient (Wildman–Crippen LogP) is 1.30. The van der Waals surface area contributed by atoms with Crippen LogP contribution in [-0.2, 0) is 24.0 Å². The lowest BCUT2D eigenvalue weighted by atomic mass is 9.88. The number of hydrogen-bond acceptors (Lipinski definition) is 5. The fourth-order valence-electron chi connectivity index (χ4n) is 4.27. The van der Waals surface area contributed by atoms with E-state index in [1.54, 1.807) is 0 Å². The number of aryl methyl sites for hydroxylation is 1. The maximum atomic E-state index is 12.8. The molecule has 1 aliphatic carbocycles. The first kappa shape index (κ1) is 18.6. The number of pyridine rings is 1. The maximum absolute atomic E-state index is 12.8. The third-order valence-electron chi connectivity index (χ3n) is 5.84. The Labute approximate surface area is 160 Å². The molecule has 1 amide bonds. The van der Waals surface area contributed by atoms with Crippen molar-refractivity contribution in [2.75, 3.05) is 26.3 Å². The van der Waals surface area contributed by atoms with E-state index in [2.05, 4.69) is 16.7 Å². The molecule has 0 bridgehead atoms. The summed E-state index contributed by atoms with van der Waals surface area (Å²) in [5, 5.41) is 16.4. The zero-order valence-corrected chi connectivity index (χ0v) is 15.8. The van der Waals surface area contributed by atoms with Gasteiger partial charge in [-0.3, -0.25) is 4.79 Å². The highest BCUT2D eigenvalue weighted by molar-refractivity contribution is 5.93. The number of hydrogen-bond donors (Lipinski definition) is 3. The van der Waals surface area contributed by atoms with Crippen LogP contribution in [0.25, 0.3) is 0 Å². The molecule has 0 spiro atoms. The molecule has 146 valence electrons. The van der Waals surface area contributed by atoms with E-state index in [0.29, 0.717) is 18.7 Å². The van der Waals surface area contributed by atoms with Crippen LogP contribution in [0.2, 0.25) is 0 Å². The zero-order valence-electron chi connectivity index (χ0n) is 15.8. The number of rotatable bonds is 4. The molecule has 3 aliphatic rings. The average molecular weight is 371 g/mol. The van der Waals surface area contributed by atoms with Gasteiger partial charge in [-0.25, -0.2) is 4.98 Å². The summed E-state index contributed by atoms with van der Waals surface area (Å²) >= 11 is 0. The molecular weight excluding hydrogens is 342 g/mol. The highest BCUT2D eigenvalue weighted by Crippen LogP contribution is 2.27. The minimum atomic E-state index is -0.653. The molecule has 1 aromatic rings. The van der Waals surface area contributed by atoms with Crippen molar-refractivity contribution < 1.29 is 14.6 Å². The molecule has 1 fully saturated rings. The number of nitrogens with zero attached hydrogens (tertiary/aromatic N) is 1. The third-order valence-corrected chi connectivity index (χ3v) is 5.84. The summed E-state index contributed by atoms with van der Waals surface area (Å²) < 4.78 is 5.25. The van der Waals surface area contributed by atoms with Gasteiger partial charge in [0.15, 0.2) is 0 Å². The first-order valence-corrected chi connectivity index (χ1v) is 10.2. The SMILES string of the molecule is O=C(N[C@H]1CCOC[C@@H]1O)c1cc(CC2=CCNCC2)c2c(n1)CCCC2. The van der Waals surface area contributed by atoms with E-state index >= 15 is 0 Å². The average Bonchev–Trinajstić information content (AvgIpc) is 2.70. The van der Waals surface area contributed by atoms with Gasteiger partial charge in [0.25, 0.3) is 5.91 Å². The van der Waals surface area contributed by atoms with Gasteiger partial charge in [-0.1, -0.05) is 11.6 Å². The van der Waals surface area contributed by atoms with Crippen molar-refractivity contribution in [3.05, 3.63) is 40.2 Å². The molecule has 27 heavy (non-hydrogen) atoms. The van der Waals surface area contributed by atoms with Crippen molar-refractivity contribution in [3.8, 4) is 0 Å². The summed E-state index contributed by atoms with van der Waals surface area (Å²) in [7, 11) is 0. The molecule has 4 rings (SSSR count). The minimum absolute atomic E-state index is 0.185. The fraction of sp³-hybridized carbons (Fsp3) is 0.619. The maximum Gasteiger partial charge on any atom is 0.270 e. The van der Waals surface area contributed by atoms with Gasteiger partial charge in [0.1, 0.15) is 5.69 Å². The number of carbonyl (C=O) groups is 1. The van der Waals surface area contributed by atoms with Gasteiger partial charge in [0.05, 0.1) is 18.8 Å². The third kappa shape index (κ3) is 4.39. The second-order valence-electron chi connectivity index (χ2n) is 7.80. The molecule has 0 radical (unpaired) electrons. The zero-order chi connectivity index (χ0) is 18.6. The Bertz CT molecular complexity index is 732. The largest absolute Gasteiger partial charge is 0.389 e. The Morgan fingerprint density at radius 3 is 3.04 bits per heavy atom. The highest BCUT2D eigenvalue weighted by atomic mass is 16.5. The van der Waals surface area contributed by atoms with E-state index in [9.17, 15) is 9.90 Å². The molecule has 3 heterocycles. The van der Waals surface area contributed by atoms with Gasteiger partial charge >= 0.3 is 0 Å². The van der Waals surface area contributed by atoms with Crippen LogP contribution in [0.1, 0.15) is 53.0 Å². The Balaban J connectivity index is 1.57. The molecule has 0 aromatic carbocycles. The van der Waals surface area contributed by atoms with Crippen LogP contribution >= 0.6 is 0 Å². The van der Waals surface area contributed by atoms with Gasteiger partial charge < -0.3 is 20.5 Å². The molecule has 2 atom stereocenters. The van der Waals surface area contributed by atoms with E-state index in [1.165, 1.54) is 23.1 Å². The summed E-state index contributed by atoms with van der Waals surface area (Å²) in [6, 6.07) is 1.72. The number of nitrogens with one attached hydrogen (secondary N) is 2. The van der Waals surface area contributed by atoms with E-state index in [-0.39, 0.29) is 18.6 Å². The molecular formula is C21H29N3O3. The van der Waals surface area contributed by atoms with Gasteiger partial charge in [-0.05, 0) is 68.7 Å². The molecule has 0 unspecified atom stereocenters. The number of amides is 1. The Morgan fingerprint density at radius 1 is 1.33 bits per heavy atom. The standard InChI is InChI=1S/C21H29N3O3/c25-20-13-27-10-7-18(20)24-21(26)19-12-15(11-14-5-8-22-9-6-14)16-3-1-2-4-17(16)23-19/h5,12,18,20,22,25H,1-4,6-11,13H2,(H,24,26)/t18-,20-/m0/s1. The molecule has 6 nitrogen and oxygen atoms in total. The Hall–Kier alpha value is -1.76. The summed E-state index contributed by atoms with van der Waals surface area (Å²) in [5.74, 6) is -0.185. The van der Waals surface area contributed by atoms with Crippen molar-refractivity contribution in [1.29, 1.82) is 0 Å². The highest BCUT2D eigenvalue weighted by Gasteiger charge is 2.27. The number of aliphatic hydroxyl groups excluding tert-OH is 1. The Kier molecular flexibility index (Phi) is 5.86. The van der Waals surface area contributed by atoms with Crippen molar-refractivity contribution in [1.82, 2.24) is 15.6 Å². The quantitative estimate of drug-likeness (QED) is 0.695. The van der Waals surface area contributed by atoms with Crippen molar-refractivity contribution in [2.24, 2.45) is 0 Å². The van der Waals surface area contributed by atoms with Crippen LogP contribution in [0.5, 0.6) is 0 Å². The molecule has 2 aliphatic heterocycles. The lowest BCUT2D eigenvalue weighted by molar-refractivity contribution is -0.0261. The van der Waals surface area contributed by atoms with E-state index < -0.39 is 6.10 Å². The smallest absolute Gasteiger partial charge is 0.270 e. The first-order chi connectivity index (χ1) is 13.2. The monoisotopic (exact) mass is 371 g/mol. The molecule has 6 heteroatoms. The van der Waals surface area contributed by atoms with Gasteiger partial charge in [0.2, 0.25) is 0 Å². The number of fused-ring (bicyclic) bond motifs is 1. The molecule has 1 saturated heterocycles. The van der Waals surface area contributed by atoms with Gasteiger partial charge in [-0.15, -0.1) is 0 Å². The van der Waals surface area contributed by atoms with Crippen LogP contribution in [0.15, 0.2) is 17.7 Å². The minimum Gasteiger partial charge on any atom is -0.389 e. The number of aromatic nitrogens is 1. The summed E-state index contributed by atoms with van der Waals surface area (Å²) in [4.78, 5) is 17.5. The predicted molar refractivity (Wildman–Crippen MR) is 103 cm³/mol. The summed E-state index contributed by atoms with van der Waals surface area (Å²) in [5.41, 5.74) is 5.62. The van der Waals surface area contributed by atoms with Crippen LogP contribution in [0.4, 0.5) is 0 Å². The van der Waals surface area contributed by atoms with Crippen LogP contribution in [0, 0.1) is 0 Å². The van der Waals surface area contributed by atoms with Crippen molar-refractivity contribution in [2.45, 2.75) is 57.1 Å². The van der Waals surface area contributed by atoms with E-state index in [4.69, 9.17) is 9.72 Å². The fourth-order valence-corrected chi connectivity index (χ4v) is 4.27. The van der Waals surface area contributed by atoms with Gasteiger partial charge in [0, 0.05) is 18.8 Å². The number of aliphatic hydroxyl groups is 1. The second-order valence-corrected chi connectivity index (χ2v) is 7.80. The van der Waals surface area contributed by atoms with Crippen LogP contribution in [0.3, 0.4) is 0 Å². The first-order valence-electron chi connectivity index (χ1n) is 10.2. The number of carbonyl (C=O) groups excluding carboxylic acids is 1. The second kappa shape index (κ2) is 8.50. The van der Waals surface area contributed by atoms with Crippen molar-refractivity contribution in [3.63, 3.8) is 0 Å². The Morgan fingerprint density at radius 2 is 2.22 bits per heavy atom. The summed E-state index contributed by atoms with van der Waals surface area (Å²) in [6.07, 6.45) is 8.56. The molecule has 0 saturated carbocycles. The molecule has 3 N–H and O–H groups in total. The van der Waals surface area contributed by atoms with Gasteiger partial charge in [-0.2, -0.15) is 0 Å². The van der Waals surface area contributed by atoms with Crippen molar-refractivity contribution >= 4 is 5.91 Å². The van der Waals surface area contributed by atoms with E-state index in [0.717, 1.165) is 50.9 Å². The van der Waals surface area contributed by atoms with Crippen LogP contribution < -0.4 is 10.6 Å². The summed E-state index contributed by atoms with van der Waals surface area (Å²) in [6.45, 7) is 2.79. The van der Waals surface area contributed by atoms with E-state index in [1.807, 2.05) is 6.07 Å². The lowest BCUT2D eigenvalue weighted by Gasteiger charge is -2.28.